The highest BCUT2D eigenvalue weighted by molar-refractivity contribution is 5.99. The Labute approximate surface area is 108 Å². The topological polar surface area (TPSA) is 71.1 Å². The van der Waals surface area contributed by atoms with Crippen molar-refractivity contribution in [3.8, 4) is 5.75 Å². The molecular weight excluding hydrogens is 230 g/mol. The molecule has 0 aliphatic heterocycles. The molecule has 18 heavy (non-hydrogen) atoms. The number of hydrogen-bond donors (Lipinski definition) is 2. The van der Waals surface area contributed by atoms with Gasteiger partial charge in [-0.25, -0.2) is 0 Å². The number of ether oxygens (including phenoxy) is 1. The van der Waals surface area contributed by atoms with Gasteiger partial charge in [0.25, 0.3) is 0 Å². The van der Waals surface area contributed by atoms with Crippen LogP contribution in [0, 0.1) is 0 Å². The minimum Gasteiger partial charge on any atom is -0.491 e. The first-order valence-corrected chi connectivity index (χ1v) is 5.75. The number of rotatable bonds is 5. The van der Waals surface area contributed by atoms with Crippen LogP contribution in [0.25, 0.3) is 0 Å². The molecule has 5 nitrogen and oxygen atoms in total. The van der Waals surface area contributed by atoms with Crippen LogP contribution in [-0.2, 0) is 0 Å². The third kappa shape index (κ3) is 3.37. The van der Waals surface area contributed by atoms with Crippen molar-refractivity contribution in [3.63, 3.8) is 0 Å². The van der Waals surface area contributed by atoms with E-state index < -0.39 is 0 Å². The SMILES string of the molecule is CN(C)C(C)(C)COc1ccccc1C(N)=NO. The van der Waals surface area contributed by atoms with Gasteiger partial charge in [-0.3, -0.25) is 0 Å². The first-order valence-electron chi connectivity index (χ1n) is 5.75. The Bertz CT molecular complexity index is 428. The van der Waals surface area contributed by atoms with Crippen molar-refractivity contribution in [2.24, 2.45) is 10.9 Å². The monoisotopic (exact) mass is 251 g/mol. The molecule has 0 saturated heterocycles. The van der Waals surface area contributed by atoms with E-state index in [9.17, 15) is 0 Å². The molecule has 0 bridgehead atoms. The van der Waals surface area contributed by atoms with Gasteiger partial charge in [-0.15, -0.1) is 0 Å². The second-order valence-electron chi connectivity index (χ2n) is 4.98. The Morgan fingerprint density at radius 3 is 2.56 bits per heavy atom. The van der Waals surface area contributed by atoms with Gasteiger partial charge >= 0.3 is 0 Å². The average Bonchev–Trinajstić information content (AvgIpc) is 2.35. The van der Waals surface area contributed by atoms with Crippen LogP contribution in [0.15, 0.2) is 29.4 Å². The Morgan fingerprint density at radius 1 is 1.39 bits per heavy atom. The summed E-state index contributed by atoms with van der Waals surface area (Å²) in [4.78, 5) is 2.08. The number of oxime groups is 1. The van der Waals surface area contributed by atoms with E-state index >= 15 is 0 Å². The highest BCUT2D eigenvalue weighted by atomic mass is 16.5. The first-order chi connectivity index (χ1) is 8.38. The van der Waals surface area contributed by atoms with Crippen molar-refractivity contribution in [2.75, 3.05) is 20.7 Å². The number of amidine groups is 1. The van der Waals surface area contributed by atoms with Gasteiger partial charge in [0.15, 0.2) is 5.84 Å². The molecule has 1 aromatic carbocycles. The molecule has 5 heteroatoms. The highest BCUT2D eigenvalue weighted by Crippen LogP contribution is 2.20. The predicted octanol–water partition coefficient (Wildman–Crippen LogP) is 1.50. The number of benzene rings is 1. The summed E-state index contributed by atoms with van der Waals surface area (Å²) in [6.45, 7) is 4.67. The summed E-state index contributed by atoms with van der Waals surface area (Å²) in [5, 5.41) is 11.7. The van der Waals surface area contributed by atoms with Crippen LogP contribution < -0.4 is 10.5 Å². The lowest BCUT2D eigenvalue weighted by atomic mass is 10.1. The van der Waals surface area contributed by atoms with Crippen LogP contribution in [0.2, 0.25) is 0 Å². The molecule has 0 aliphatic rings. The van der Waals surface area contributed by atoms with Gasteiger partial charge in [0.2, 0.25) is 0 Å². The lowest BCUT2D eigenvalue weighted by Crippen LogP contribution is -2.43. The number of para-hydroxylation sites is 1. The normalized spacial score (nSPS) is 12.8. The van der Waals surface area contributed by atoms with E-state index in [0.29, 0.717) is 17.9 Å². The van der Waals surface area contributed by atoms with E-state index in [1.165, 1.54) is 0 Å². The molecule has 0 saturated carbocycles. The maximum absolute atomic E-state index is 8.73. The van der Waals surface area contributed by atoms with E-state index in [0.717, 1.165) is 0 Å². The summed E-state index contributed by atoms with van der Waals surface area (Å²) < 4.78 is 5.77. The molecule has 0 aliphatic carbocycles. The van der Waals surface area contributed by atoms with E-state index in [4.69, 9.17) is 15.7 Å². The van der Waals surface area contributed by atoms with Gasteiger partial charge in [-0.1, -0.05) is 17.3 Å². The summed E-state index contributed by atoms with van der Waals surface area (Å²) in [7, 11) is 4.00. The van der Waals surface area contributed by atoms with E-state index in [1.54, 1.807) is 12.1 Å². The molecule has 0 spiro atoms. The maximum atomic E-state index is 8.73. The Kier molecular flexibility index (Phi) is 4.55. The van der Waals surface area contributed by atoms with Crippen LogP contribution >= 0.6 is 0 Å². The standard InChI is InChI=1S/C13H21N3O2/c1-13(2,16(3)4)9-18-11-8-6-5-7-10(11)12(14)15-17/h5-8,17H,9H2,1-4H3,(H2,14,15). The fourth-order valence-corrected chi connectivity index (χ4v) is 1.24. The second-order valence-corrected chi connectivity index (χ2v) is 4.98. The molecule has 1 aromatic rings. The molecule has 0 unspecified atom stereocenters. The molecule has 0 heterocycles. The Morgan fingerprint density at radius 2 is 2.00 bits per heavy atom. The molecular formula is C13H21N3O2. The van der Waals surface area contributed by atoms with Crippen LogP contribution in [0.5, 0.6) is 5.75 Å². The van der Waals surface area contributed by atoms with Gasteiger partial charge in [-0.05, 0) is 40.1 Å². The zero-order chi connectivity index (χ0) is 13.8. The van der Waals surface area contributed by atoms with Crippen molar-refractivity contribution in [3.05, 3.63) is 29.8 Å². The zero-order valence-corrected chi connectivity index (χ0v) is 11.3. The van der Waals surface area contributed by atoms with Gasteiger partial charge < -0.3 is 20.6 Å². The summed E-state index contributed by atoms with van der Waals surface area (Å²) in [5.41, 5.74) is 6.10. The fraction of sp³-hybridized carbons (Fsp3) is 0.462. The molecule has 0 atom stereocenters. The van der Waals surface area contributed by atoms with Crippen LogP contribution in [0.4, 0.5) is 0 Å². The number of hydrogen-bond acceptors (Lipinski definition) is 4. The van der Waals surface area contributed by atoms with Gasteiger partial charge in [0, 0.05) is 5.54 Å². The summed E-state index contributed by atoms with van der Waals surface area (Å²) in [6.07, 6.45) is 0. The zero-order valence-electron chi connectivity index (χ0n) is 11.3. The first kappa shape index (κ1) is 14.3. The third-order valence-electron chi connectivity index (χ3n) is 3.06. The number of likely N-dealkylation sites (N-methyl/N-ethyl adjacent to an activating group) is 1. The molecule has 3 N–H and O–H groups in total. The summed E-state index contributed by atoms with van der Waals surface area (Å²) >= 11 is 0. The molecule has 100 valence electrons. The van der Waals surface area contributed by atoms with Gasteiger partial charge in [0.05, 0.1) is 5.56 Å². The van der Waals surface area contributed by atoms with Gasteiger partial charge in [0.1, 0.15) is 12.4 Å². The third-order valence-corrected chi connectivity index (χ3v) is 3.06. The van der Waals surface area contributed by atoms with E-state index in [2.05, 4.69) is 23.9 Å². The van der Waals surface area contributed by atoms with Crippen LogP contribution in [-0.4, -0.2) is 42.2 Å². The molecule has 1 rings (SSSR count). The fourth-order valence-electron chi connectivity index (χ4n) is 1.24. The van der Waals surface area contributed by atoms with E-state index in [-0.39, 0.29) is 11.4 Å². The van der Waals surface area contributed by atoms with Crippen molar-refractivity contribution in [1.29, 1.82) is 0 Å². The molecule has 0 radical (unpaired) electrons. The van der Waals surface area contributed by atoms with Crippen molar-refractivity contribution in [2.45, 2.75) is 19.4 Å². The predicted molar refractivity (Wildman–Crippen MR) is 72.2 cm³/mol. The Balaban J connectivity index is 2.86. The summed E-state index contributed by atoms with van der Waals surface area (Å²) in [5.74, 6) is 0.663. The van der Waals surface area contributed by atoms with Crippen LogP contribution in [0.1, 0.15) is 19.4 Å². The van der Waals surface area contributed by atoms with Crippen LogP contribution in [0.3, 0.4) is 0 Å². The van der Waals surface area contributed by atoms with Crippen molar-refractivity contribution < 1.29 is 9.94 Å². The largest absolute Gasteiger partial charge is 0.491 e. The number of nitrogens with zero attached hydrogens (tertiary/aromatic N) is 2. The smallest absolute Gasteiger partial charge is 0.173 e. The van der Waals surface area contributed by atoms with Crippen molar-refractivity contribution >= 4 is 5.84 Å². The Hall–Kier alpha value is -1.75. The molecule has 0 amide bonds. The summed E-state index contributed by atoms with van der Waals surface area (Å²) in [6, 6.07) is 7.23. The average molecular weight is 251 g/mol. The minimum atomic E-state index is -0.0990. The minimum absolute atomic E-state index is 0.0493. The van der Waals surface area contributed by atoms with E-state index in [1.807, 2.05) is 26.2 Å². The highest BCUT2D eigenvalue weighted by Gasteiger charge is 2.22. The maximum Gasteiger partial charge on any atom is 0.173 e. The molecule has 0 fully saturated rings. The second kappa shape index (κ2) is 5.73. The quantitative estimate of drug-likeness (QED) is 0.360. The van der Waals surface area contributed by atoms with Gasteiger partial charge in [-0.2, -0.15) is 0 Å². The molecule has 0 aromatic heterocycles. The van der Waals surface area contributed by atoms with Crippen molar-refractivity contribution in [1.82, 2.24) is 4.90 Å². The lowest BCUT2D eigenvalue weighted by molar-refractivity contribution is 0.114. The number of nitrogens with two attached hydrogens (primary N) is 1. The lowest BCUT2D eigenvalue weighted by Gasteiger charge is -2.32.